The van der Waals surface area contributed by atoms with Gasteiger partial charge in [-0.2, -0.15) is 0 Å². The Morgan fingerprint density at radius 2 is 2.32 bits per heavy atom. The summed E-state index contributed by atoms with van der Waals surface area (Å²) in [6.07, 6.45) is 2.27. The van der Waals surface area contributed by atoms with Crippen molar-refractivity contribution in [2.45, 2.75) is 19.3 Å². The van der Waals surface area contributed by atoms with Crippen LogP contribution in [0, 0.1) is 11.2 Å². The van der Waals surface area contributed by atoms with Crippen LogP contribution in [-0.4, -0.2) is 49.3 Å². The lowest BCUT2D eigenvalue weighted by molar-refractivity contribution is 0.00880. The summed E-state index contributed by atoms with van der Waals surface area (Å²) in [6.45, 7) is 1.46. The number of ether oxygens (including phenoxy) is 1. The van der Waals surface area contributed by atoms with Gasteiger partial charge in [-0.05, 0) is 37.5 Å². The van der Waals surface area contributed by atoms with Crippen LogP contribution in [0.4, 0.5) is 4.39 Å². The first-order chi connectivity index (χ1) is 10.5. The van der Waals surface area contributed by atoms with Gasteiger partial charge in [0.05, 0.1) is 12.2 Å². The van der Waals surface area contributed by atoms with Crippen LogP contribution in [0.25, 0.3) is 0 Å². The summed E-state index contributed by atoms with van der Waals surface area (Å²) in [4.78, 5) is 14.2. The third-order valence-corrected chi connectivity index (χ3v) is 4.51. The third kappa shape index (κ3) is 3.77. The molecular formula is C16H21ClFNO3. The Kier molecular flexibility index (Phi) is 5.78. The minimum Gasteiger partial charge on any atom is -0.396 e. The molecule has 0 saturated carbocycles. The first-order valence-electron chi connectivity index (χ1n) is 7.35. The van der Waals surface area contributed by atoms with E-state index in [1.807, 2.05) is 0 Å². The van der Waals surface area contributed by atoms with Crippen molar-refractivity contribution in [1.29, 1.82) is 0 Å². The fourth-order valence-electron chi connectivity index (χ4n) is 2.94. The standard InChI is InChI=1S/C16H21ClFNO3/c1-22-8-6-16(11-20)5-2-7-19(10-16)15(21)13-9-12(17)3-4-14(13)18/h3-4,9,20H,2,5-8,10-11H2,1H3/t16-/m1/s1. The molecule has 6 heteroatoms. The minimum atomic E-state index is -0.577. The summed E-state index contributed by atoms with van der Waals surface area (Å²) in [6, 6.07) is 3.97. The largest absolute Gasteiger partial charge is 0.396 e. The third-order valence-electron chi connectivity index (χ3n) is 4.28. The highest BCUT2D eigenvalue weighted by molar-refractivity contribution is 6.31. The highest BCUT2D eigenvalue weighted by Gasteiger charge is 2.37. The zero-order valence-electron chi connectivity index (χ0n) is 12.6. The molecule has 1 aliphatic heterocycles. The van der Waals surface area contributed by atoms with Gasteiger partial charge in [0.25, 0.3) is 5.91 Å². The maximum atomic E-state index is 13.9. The number of amides is 1. The fraction of sp³-hybridized carbons (Fsp3) is 0.562. The number of halogens is 2. The van der Waals surface area contributed by atoms with E-state index in [0.29, 0.717) is 31.1 Å². The van der Waals surface area contributed by atoms with Gasteiger partial charge in [-0.15, -0.1) is 0 Å². The van der Waals surface area contributed by atoms with Crippen molar-refractivity contribution >= 4 is 17.5 Å². The molecule has 1 N–H and O–H groups in total. The molecule has 122 valence electrons. The molecule has 0 aliphatic carbocycles. The number of nitrogens with zero attached hydrogens (tertiary/aromatic N) is 1. The van der Waals surface area contributed by atoms with E-state index in [4.69, 9.17) is 16.3 Å². The van der Waals surface area contributed by atoms with Gasteiger partial charge in [-0.25, -0.2) is 4.39 Å². The Bertz CT molecular complexity index is 540. The molecule has 1 heterocycles. The molecule has 1 aromatic carbocycles. The van der Waals surface area contributed by atoms with Crippen molar-refractivity contribution in [3.63, 3.8) is 0 Å². The topological polar surface area (TPSA) is 49.8 Å². The molecule has 0 unspecified atom stereocenters. The van der Waals surface area contributed by atoms with Crippen molar-refractivity contribution in [1.82, 2.24) is 4.90 Å². The number of likely N-dealkylation sites (tertiary alicyclic amines) is 1. The van der Waals surface area contributed by atoms with Gasteiger partial charge in [-0.3, -0.25) is 4.79 Å². The zero-order chi connectivity index (χ0) is 16.2. The second kappa shape index (κ2) is 7.40. The number of rotatable bonds is 5. The van der Waals surface area contributed by atoms with Crippen LogP contribution in [-0.2, 0) is 4.74 Å². The Morgan fingerprint density at radius 3 is 3.00 bits per heavy atom. The van der Waals surface area contributed by atoms with Crippen LogP contribution >= 0.6 is 11.6 Å². The minimum absolute atomic E-state index is 0.0157. The molecule has 1 amide bonds. The molecule has 1 fully saturated rings. The highest BCUT2D eigenvalue weighted by atomic mass is 35.5. The van der Waals surface area contributed by atoms with Crippen molar-refractivity contribution in [3.8, 4) is 0 Å². The molecule has 0 spiro atoms. The van der Waals surface area contributed by atoms with Crippen LogP contribution in [0.2, 0.25) is 5.02 Å². The number of piperidine rings is 1. The summed E-state index contributed by atoms with van der Waals surface area (Å²) in [7, 11) is 1.61. The Hall–Kier alpha value is -1.17. The molecule has 1 atom stereocenters. The number of methoxy groups -OCH3 is 1. The summed E-state index contributed by atoms with van der Waals surface area (Å²) >= 11 is 5.86. The van der Waals surface area contributed by atoms with E-state index in [9.17, 15) is 14.3 Å². The Labute approximate surface area is 134 Å². The van der Waals surface area contributed by atoms with Gasteiger partial charge in [0, 0.05) is 37.2 Å². The average Bonchev–Trinajstić information content (AvgIpc) is 2.54. The number of carbonyl (C=O) groups is 1. The predicted octanol–water partition coefficient (Wildman–Crippen LogP) is 2.73. The summed E-state index contributed by atoms with van der Waals surface area (Å²) in [5.41, 5.74) is -0.396. The number of hydrogen-bond donors (Lipinski definition) is 1. The second-order valence-corrected chi connectivity index (χ2v) is 6.29. The van der Waals surface area contributed by atoms with E-state index in [1.165, 1.54) is 18.2 Å². The molecule has 0 bridgehead atoms. The zero-order valence-corrected chi connectivity index (χ0v) is 13.4. The van der Waals surface area contributed by atoms with Crippen LogP contribution in [0.15, 0.2) is 18.2 Å². The van der Waals surface area contributed by atoms with Gasteiger partial charge in [-0.1, -0.05) is 11.6 Å². The first kappa shape index (κ1) is 17.2. The Balaban J connectivity index is 2.17. The van der Waals surface area contributed by atoms with Crippen LogP contribution in [0.1, 0.15) is 29.6 Å². The lowest BCUT2D eigenvalue weighted by Gasteiger charge is -2.42. The summed E-state index contributed by atoms with van der Waals surface area (Å²) in [5.74, 6) is -0.957. The number of carbonyl (C=O) groups excluding carboxylic acids is 1. The molecule has 22 heavy (non-hydrogen) atoms. The predicted molar refractivity (Wildman–Crippen MR) is 82.6 cm³/mol. The molecule has 1 saturated heterocycles. The molecule has 1 aromatic rings. The smallest absolute Gasteiger partial charge is 0.256 e. The molecule has 0 radical (unpaired) electrons. The van der Waals surface area contributed by atoms with Crippen LogP contribution in [0.3, 0.4) is 0 Å². The number of hydrogen-bond acceptors (Lipinski definition) is 3. The van der Waals surface area contributed by atoms with E-state index in [0.717, 1.165) is 12.8 Å². The number of aliphatic hydroxyl groups excluding tert-OH is 1. The Morgan fingerprint density at radius 1 is 1.55 bits per heavy atom. The highest BCUT2D eigenvalue weighted by Crippen LogP contribution is 2.34. The molecular weight excluding hydrogens is 309 g/mol. The summed E-state index contributed by atoms with van der Waals surface area (Å²) in [5, 5.41) is 10.1. The molecule has 1 aliphatic rings. The molecule has 4 nitrogen and oxygen atoms in total. The van der Waals surface area contributed by atoms with Crippen molar-refractivity contribution < 1.29 is 19.0 Å². The molecule has 2 rings (SSSR count). The van der Waals surface area contributed by atoms with E-state index in [-0.39, 0.29) is 23.5 Å². The van der Waals surface area contributed by atoms with Crippen LogP contribution in [0.5, 0.6) is 0 Å². The van der Waals surface area contributed by atoms with Gasteiger partial charge in [0.2, 0.25) is 0 Å². The number of benzene rings is 1. The van der Waals surface area contributed by atoms with E-state index in [1.54, 1.807) is 12.0 Å². The maximum Gasteiger partial charge on any atom is 0.256 e. The molecule has 0 aromatic heterocycles. The number of aliphatic hydroxyl groups is 1. The van der Waals surface area contributed by atoms with E-state index < -0.39 is 5.82 Å². The first-order valence-corrected chi connectivity index (χ1v) is 7.73. The normalized spacial score (nSPS) is 21.9. The summed E-state index contributed by atoms with van der Waals surface area (Å²) < 4.78 is 19.0. The lowest BCUT2D eigenvalue weighted by atomic mass is 9.78. The van der Waals surface area contributed by atoms with Crippen molar-refractivity contribution in [2.75, 3.05) is 33.4 Å². The van der Waals surface area contributed by atoms with Gasteiger partial charge in [0.15, 0.2) is 0 Å². The second-order valence-electron chi connectivity index (χ2n) is 5.86. The fourth-order valence-corrected chi connectivity index (χ4v) is 3.12. The monoisotopic (exact) mass is 329 g/mol. The van der Waals surface area contributed by atoms with E-state index >= 15 is 0 Å². The lowest BCUT2D eigenvalue weighted by Crippen LogP contribution is -2.48. The van der Waals surface area contributed by atoms with Gasteiger partial charge < -0.3 is 14.7 Å². The van der Waals surface area contributed by atoms with E-state index in [2.05, 4.69) is 0 Å². The quantitative estimate of drug-likeness (QED) is 0.903. The van der Waals surface area contributed by atoms with Gasteiger partial charge in [0.1, 0.15) is 5.82 Å². The SMILES string of the molecule is COCC[C@]1(CO)CCCN(C(=O)c2cc(Cl)ccc2F)C1. The maximum absolute atomic E-state index is 13.9. The van der Waals surface area contributed by atoms with Gasteiger partial charge >= 0.3 is 0 Å². The van der Waals surface area contributed by atoms with Crippen LogP contribution < -0.4 is 0 Å². The van der Waals surface area contributed by atoms with Crippen molar-refractivity contribution in [2.24, 2.45) is 5.41 Å². The average molecular weight is 330 g/mol. The van der Waals surface area contributed by atoms with Crippen molar-refractivity contribution in [3.05, 3.63) is 34.6 Å².